The minimum Gasteiger partial charge on any atom is -0.466 e. The molecule has 2 heterocycles. The van der Waals surface area contributed by atoms with Crippen molar-refractivity contribution in [3.8, 4) is 0 Å². The predicted octanol–water partition coefficient (Wildman–Crippen LogP) is 2.70. The lowest BCUT2D eigenvalue weighted by Crippen LogP contribution is -2.50. The van der Waals surface area contributed by atoms with Crippen molar-refractivity contribution in [2.24, 2.45) is 5.92 Å². The first-order valence-electron chi connectivity index (χ1n) is 11.0. The Morgan fingerprint density at radius 2 is 1.78 bits per heavy atom. The number of hydrogen-bond acceptors (Lipinski definition) is 6. The molecule has 0 aliphatic carbocycles. The van der Waals surface area contributed by atoms with Crippen molar-refractivity contribution in [1.82, 2.24) is 9.21 Å². The SMILES string of the molecule is CCOC(=O)C1CCN(C(=O)C2CC(S)CN2S(=O)(=O)c2ccc3ccccc3c2)CC1. The molecule has 0 spiro atoms. The third-order valence-electron chi connectivity index (χ3n) is 6.27. The Morgan fingerprint density at radius 1 is 1.09 bits per heavy atom. The molecule has 2 aromatic carbocycles. The number of esters is 1. The summed E-state index contributed by atoms with van der Waals surface area (Å²) in [6.07, 6.45) is 1.42. The van der Waals surface area contributed by atoms with Gasteiger partial charge in [0.25, 0.3) is 0 Å². The molecule has 0 N–H and O–H groups in total. The molecule has 2 unspecified atom stereocenters. The molecule has 172 valence electrons. The molecule has 2 saturated heterocycles. The summed E-state index contributed by atoms with van der Waals surface area (Å²) in [7, 11) is -3.86. The molecule has 0 bridgehead atoms. The lowest BCUT2D eigenvalue weighted by atomic mass is 9.96. The largest absolute Gasteiger partial charge is 0.466 e. The summed E-state index contributed by atoms with van der Waals surface area (Å²) in [5, 5.41) is 1.58. The molecule has 2 aliphatic rings. The van der Waals surface area contributed by atoms with Crippen LogP contribution in [0.25, 0.3) is 10.8 Å². The number of fused-ring (bicyclic) bond motifs is 1. The lowest BCUT2D eigenvalue weighted by molar-refractivity contribution is -0.151. The van der Waals surface area contributed by atoms with Crippen LogP contribution in [0, 0.1) is 5.92 Å². The van der Waals surface area contributed by atoms with Crippen LogP contribution in [0.5, 0.6) is 0 Å². The van der Waals surface area contributed by atoms with Crippen molar-refractivity contribution in [2.75, 3.05) is 26.2 Å². The number of piperidine rings is 1. The molecule has 2 atom stereocenters. The molecule has 4 rings (SSSR count). The predicted molar refractivity (Wildman–Crippen MR) is 125 cm³/mol. The van der Waals surface area contributed by atoms with Gasteiger partial charge < -0.3 is 9.64 Å². The molecule has 0 saturated carbocycles. The molecule has 1 amide bonds. The van der Waals surface area contributed by atoms with Crippen LogP contribution in [-0.4, -0.2) is 67.0 Å². The summed E-state index contributed by atoms with van der Waals surface area (Å²) in [4.78, 5) is 27.2. The number of amides is 1. The van der Waals surface area contributed by atoms with Crippen LogP contribution in [0.3, 0.4) is 0 Å². The van der Waals surface area contributed by atoms with Crippen molar-refractivity contribution >= 4 is 45.3 Å². The third-order valence-corrected chi connectivity index (χ3v) is 8.52. The summed E-state index contributed by atoms with van der Waals surface area (Å²) >= 11 is 4.50. The van der Waals surface area contributed by atoms with Gasteiger partial charge in [0.1, 0.15) is 6.04 Å². The summed E-state index contributed by atoms with van der Waals surface area (Å²) < 4.78 is 33.4. The normalized spacial score (nSPS) is 22.9. The summed E-state index contributed by atoms with van der Waals surface area (Å²) in [5.41, 5.74) is 0. The van der Waals surface area contributed by atoms with E-state index in [1.54, 1.807) is 30.0 Å². The van der Waals surface area contributed by atoms with Gasteiger partial charge in [0.2, 0.25) is 15.9 Å². The topological polar surface area (TPSA) is 84.0 Å². The van der Waals surface area contributed by atoms with Gasteiger partial charge in [-0.15, -0.1) is 0 Å². The van der Waals surface area contributed by atoms with E-state index in [1.807, 2.05) is 24.3 Å². The number of sulfonamides is 1. The number of benzene rings is 2. The molecule has 9 heteroatoms. The number of likely N-dealkylation sites (tertiary alicyclic amines) is 1. The first-order chi connectivity index (χ1) is 15.3. The Labute approximate surface area is 194 Å². The van der Waals surface area contributed by atoms with E-state index in [1.165, 1.54) is 4.31 Å². The number of rotatable bonds is 5. The maximum absolute atomic E-state index is 13.5. The third kappa shape index (κ3) is 4.51. The first kappa shape index (κ1) is 23.1. The van der Waals surface area contributed by atoms with Crippen LogP contribution < -0.4 is 0 Å². The molecular weight excluding hydrogens is 448 g/mol. The number of hydrogen-bond donors (Lipinski definition) is 1. The summed E-state index contributed by atoms with van der Waals surface area (Å²) in [6.45, 7) is 3.13. The summed E-state index contributed by atoms with van der Waals surface area (Å²) in [6, 6.07) is 11.8. The molecule has 2 fully saturated rings. The monoisotopic (exact) mass is 476 g/mol. The molecule has 0 aromatic heterocycles. The van der Waals surface area contributed by atoms with Gasteiger partial charge in [-0.2, -0.15) is 16.9 Å². The van der Waals surface area contributed by atoms with Crippen LogP contribution >= 0.6 is 12.6 Å². The highest BCUT2D eigenvalue weighted by molar-refractivity contribution is 7.89. The van der Waals surface area contributed by atoms with Gasteiger partial charge >= 0.3 is 5.97 Å². The number of ether oxygens (including phenoxy) is 1. The van der Waals surface area contributed by atoms with E-state index in [9.17, 15) is 18.0 Å². The van der Waals surface area contributed by atoms with E-state index in [2.05, 4.69) is 12.6 Å². The Morgan fingerprint density at radius 3 is 2.47 bits per heavy atom. The molecular formula is C23H28N2O5S2. The minimum atomic E-state index is -3.86. The van der Waals surface area contributed by atoms with Crippen molar-refractivity contribution < 1.29 is 22.7 Å². The van der Waals surface area contributed by atoms with E-state index in [-0.39, 0.29) is 34.5 Å². The number of thiol groups is 1. The molecule has 7 nitrogen and oxygen atoms in total. The highest BCUT2D eigenvalue weighted by atomic mass is 32.2. The number of nitrogens with zero attached hydrogens (tertiary/aromatic N) is 2. The maximum atomic E-state index is 13.5. The van der Waals surface area contributed by atoms with E-state index in [4.69, 9.17) is 4.74 Å². The van der Waals surface area contributed by atoms with Crippen LogP contribution in [0.15, 0.2) is 47.4 Å². The minimum absolute atomic E-state index is 0.178. The van der Waals surface area contributed by atoms with Gasteiger partial charge in [0.05, 0.1) is 17.4 Å². The van der Waals surface area contributed by atoms with Crippen LogP contribution in [0.1, 0.15) is 26.2 Å². The van der Waals surface area contributed by atoms with Crippen molar-refractivity contribution in [3.05, 3.63) is 42.5 Å². The maximum Gasteiger partial charge on any atom is 0.309 e. The van der Waals surface area contributed by atoms with Crippen LogP contribution in [-0.2, 0) is 24.3 Å². The van der Waals surface area contributed by atoms with Gasteiger partial charge in [0.15, 0.2) is 0 Å². The average Bonchev–Trinajstić information content (AvgIpc) is 3.21. The van der Waals surface area contributed by atoms with E-state index in [0.717, 1.165) is 10.8 Å². The highest BCUT2D eigenvalue weighted by Crippen LogP contribution is 2.32. The Balaban J connectivity index is 1.52. The molecule has 2 aliphatic heterocycles. The van der Waals surface area contributed by atoms with Gasteiger partial charge in [-0.25, -0.2) is 8.42 Å². The van der Waals surface area contributed by atoms with Crippen molar-refractivity contribution in [3.63, 3.8) is 0 Å². The molecule has 0 radical (unpaired) electrons. The lowest BCUT2D eigenvalue weighted by Gasteiger charge is -2.34. The van der Waals surface area contributed by atoms with Gasteiger partial charge in [0, 0.05) is 24.9 Å². The fourth-order valence-corrected chi connectivity index (χ4v) is 6.70. The fourth-order valence-electron chi connectivity index (χ4n) is 4.54. The first-order valence-corrected chi connectivity index (χ1v) is 12.9. The smallest absolute Gasteiger partial charge is 0.309 e. The fraction of sp³-hybridized carbons (Fsp3) is 0.478. The standard InChI is InChI=1S/C23H28N2O5S2/c1-2-30-23(27)17-9-11-24(12-10-17)22(26)21-14-19(31)15-25(21)32(28,29)20-8-7-16-5-3-4-6-18(16)13-20/h3-8,13,17,19,21,31H,2,9-12,14-15H2,1H3. The summed E-state index contributed by atoms with van der Waals surface area (Å²) in [5.74, 6) is -0.651. The van der Waals surface area contributed by atoms with Crippen LogP contribution in [0.2, 0.25) is 0 Å². The van der Waals surface area contributed by atoms with E-state index >= 15 is 0 Å². The van der Waals surface area contributed by atoms with Crippen molar-refractivity contribution in [1.29, 1.82) is 0 Å². The zero-order chi connectivity index (χ0) is 22.9. The van der Waals surface area contributed by atoms with E-state index in [0.29, 0.717) is 39.0 Å². The Bertz CT molecular complexity index is 1110. The zero-order valence-electron chi connectivity index (χ0n) is 18.0. The highest BCUT2D eigenvalue weighted by Gasteiger charge is 2.45. The van der Waals surface area contributed by atoms with Crippen LogP contribution in [0.4, 0.5) is 0 Å². The second-order valence-corrected chi connectivity index (χ2v) is 11.0. The second-order valence-electron chi connectivity index (χ2n) is 8.34. The van der Waals surface area contributed by atoms with Crippen molar-refractivity contribution in [2.45, 2.75) is 42.4 Å². The number of carbonyl (C=O) groups excluding carboxylic acids is 2. The second kappa shape index (κ2) is 9.41. The quantitative estimate of drug-likeness (QED) is 0.530. The van der Waals surface area contributed by atoms with Gasteiger partial charge in [-0.05, 0) is 49.1 Å². The van der Waals surface area contributed by atoms with Gasteiger partial charge in [-0.1, -0.05) is 30.3 Å². The Kier molecular flexibility index (Phi) is 6.78. The molecule has 32 heavy (non-hydrogen) atoms. The Hall–Kier alpha value is -2.10. The molecule has 2 aromatic rings. The number of carbonyl (C=O) groups is 2. The average molecular weight is 477 g/mol. The van der Waals surface area contributed by atoms with Gasteiger partial charge in [-0.3, -0.25) is 9.59 Å². The zero-order valence-corrected chi connectivity index (χ0v) is 19.7. The van der Waals surface area contributed by atoms with E-state index < -0.39 is 16.1 Å².